The Morgan fingerprint density at radius 3 is 3.10 bits per heavy atom. The summed E-state index contributed by atoms with van der Waals surface area (Å²) >= 11 is 6.27. The van der Waals surface area contributed by atoms with Gasteiger partial charge < -0.3 is 14.8 Å². The maximum absolute atomic E-state index is 11.3. The Balaban J connectivity index is 2.00. The Kier molecular flexibility index (Phi) is 4.84. The van der Waals surface area contributed by atoms with Gasteiger partial charge in [0.25, 0.3) is 5.91 Å². The molecule has 1 N–H and O–H groups in total. The molecule has 1 unspecified atom stereocenters. The number of ether oxygens (including phenoxy) is 2. The van der Waals surface area contributed by atoms with Crippen LogP contribution in [-0.2, 0) is 14.3 Å². The lowest BCUT2D eigenvalue weighted by Gasteiger charge is -2.19. The standard InChI is InChI=1S/C14H16ClNO4/c1-2-19-14(18)6-4-10(15)9-3-5-12-11(7-9)16-13(17)8-20-12/h3,5,7,10H,2,4,6,8H2,1H3,(H,16,17). The van der Waals surface area contributed by atoms with E-state index < -0.39 is 0 Å². The van der Waals surface area contributed by atoms with Crippen molar-refractivity contribution in [2.24, 2.45) is 0 Å². The highest BCUT2D eigenvalue weighted by Gasteiger charge is 2.18. The number of anilines is 1. The molecule has 1 aromatic carbocycles. The summed E-state index contributed by atoms with van der Waals surface area (Å²) in [5, 5.41) is 2.41. The molecule has 0 radical (unpaired) electrons. The van der Waals surface area contributed by atoms with Crippen molar-refractivity contribution >= 4 is 29.2 Å². The van der Waals surface area contributed by atoms with Gasteiger partial charge in [-0.15, -0.1) is 11.6 Å². The van der Waals surface area contributed by atoms with E-state index in [0.717, 1.165) is 5.56 Å². The van der Waals surface area contributed by atoms with Gasteiger partial charge in [-0.2, -0.15) is 0 Å². The molecule has 0 saturated heterocycles. The number of nitrogens with one attached hydrogen (secondary N) is 1. The third kappa shape index (κ3) is 3.63. The normalized spacial score (nSPS) is 14.8. The second kappa shape index (κ2) is 6.61. The van der Waals surface area contributed by atoms with Crippen LogP contribution in [0.2, 0.25) is 0 Å². The molecule has 0 spiro atoms. The molecular formula is C14H16ClNO4. The molecule has 0 saturated carbocycles. The summed E-state index contributed by atoms with van der Waals surface area (Å²) in [5.41, 5.74) is 1.45. The maximum Gasteiger partial charge on any atom is 0.305 e. The average molecular weight is 298 g/mol. The second-order valence-electron chi connectivity index (χ2n) is 4.40. The molecule has 5 nitrogen and oxygen atoms in total. The predicted octanol–water partition coefficient (Wildman–Crippen LogP) is 2.64. The Bertz CT molecular complexity index is 518. The third-order valence-electron chi connectivity index (χ3n) is 2.91. The second-order valence-corrected chi connectivity index (χ2v) is 4.93. The molecule has 0 aromatic heterocycles. The Morgan fingerprint density at radius 2 is 2.35 bits per heavy atom. The van der Waals surface area contributed by atoms with Crippen LogP contribution in [-0.4, -0.2) is 25.1 Å². The van der Waals surface area contributed by atoms with E-state index in [1.807, 2.05) is 6.07 Å². The molecule has 108 valence electrons. The average Bonchev–Trinajstić information content (AvgIpc) is 2.44. The smallest absolute Gasteiger partial charge is 0.305 e. The third-order valence-corrected chi connectivity index (χ3v) is 3.38. The molecular weight excluding hydrogens is 282 g/mol. The molecule has 0 fully saturated rings. The summed E-state index contributed by atoms with van der Waals surface area (Å²) < 4.78 is 10.1. The van der Waals surface area contributed by atoms with Gasteiger partial charge in [0.1, 0.15) is 5.75 Å². The summed E-state index contributed by atoms with van der Waals surface area (Å²) in [6.07, 6.45) is 0.746. The lowest BCUT2D eigenvalue weighted by atomic mass is 10.1. The number of carbonyl (C=O) groups is 2. The van der Waals surface area contributed by atoms with E-state index in [4.69, 9.17) is 21.1 Å². The van der Waals surface area contributed by atoms with E-state index in [1.54, 1.807) is 19.1 Å². The Labute approximate surface area is 122 Å². The Morgan fingerprint density at radius 1 is 1.55 bits per heavy atom. The van der Waals surface area contributed by atoms with Gasteiger partial charge in [0.15, 0.2) is 6.61 Å². The van der Waals surface area contributed by atoms with Crippen LogP contribution in [0.1, 0.15) is 30.7 Å². The fourth-order valence-electron chi connectivity index (χ4n) is 1.94. The number of carbonyl (C=O) groups excluding carboxylic acids is 2. The lowest BCUT2D eigenvalue weighted by Crippen LogP contribution is -2.25. The highest BCUT2D eigenvalue weighted by molar-refractivity contribution is 6.21. The zero-order valence-electron chi connectivity index (χ0n) is 11.1. The monoisotopic (exact) mass is 297 g/mol. The minimum absolute atomic E-state index is 0.0273. The largest absolute Gasteiger partial charge is 0.482 e. The number of fused-ring (bicyclic) bond motifs is 1. The van der Waals surface area contributed by atoms with Crippen LogP contribution in [0.15, 0.2) is 18.2 Å². The molecule has 6 heteroatoms. The van der Waals surface area contributed by atoms with Gasteiger partial charge in [-0.25, -0.2) is 0 Å². The molecule has 1 aromatic rings. The summed E-state index contributed by atoms with van der Waals surface area (Å²) in [7, 11) is 0. The van der Waals surface area contributed by atoms with Crippen molar-refractivity contribution in [2.75, 3.05) is 18.5 Å². The first kappa shape index (κ1) is 14.7. The van der Waals surface area contributed by atoms with Gasteiger partial charge in [0.2, 0.25) is 0 Å². The predicted molar refractivity (Wildman–Crippen MR) is 75.0 cm³/mol. The number of amides is 1. The first-order chi connectivity index (χ1) is 9.60. The van der Waals surface area contributed by atoms with Crippen LogP contribution in [0.3, 0.4) is 0 Å². The number of benzene rings is 1. The van der Waals surface area contributed by atoms with E-state index in [9.17, 15) is 9.59 Å². The van der Waals surface area contributed by atoms with Crippen LogP contribution in [0.5, 0.6) is 5.75 Å². The number of hydrogen-bond acceptors (Lipinski definition) is 4. The number of hydrogen-bond donors (Lipinski definition) is 1. The van der Waals surface area contributed by atoms with E-state index in [1.165, 1.54) is 0 Å². The number of esters is 1. The van der Waals surface area contributed by atoms with Crippen LogP contribution in [0.4, 0.5) is 5.69 Å². The molecule has 1 heterocycles. The molecule has 2 rings (SSSR count). The summed E-state index contributed by atoms with van der Waals surface area (Å²) in [6.45, 7) is 2.16. The van der Waals surface area contributed by atoms with Crippen LogP contribution in [0, 0.1) is 0 Å². The van der Waals surface area contributed by atoms with Crippen LogP contribution in [0.25, 0.3) is 0 Å². The van der Waals surface area contributed by atoms with Gasteiger partial charge >= 0.3 is 5.97 Å². The van der Waals surface area contributed by atoms with Crippen molar-refractivity contribution in [2.45, 2.75) is 25.1 Å². The number of alkyl halides is 1. The van der Waals surface area contributed by atoms with Crippen molar-refractivity contribution in [3.05, 3.63) is 23.8 Å². The number of rotatable bonds is 5. The SMILES string of the molecule is CCOC(=O)CCC(Cl)c1ccc2c(c1)NC(=O)CO2. The first-order valence-electron chi connectivity index (χ1n) is 6.46. The topological polar surface area (TPSA) is 64.6 Å². The van der Waals surface area contributed by atoms with E-state index in [2.05, 4.69) is 5.32 Å². The Hall–Kier alpha value is -1.75. The minimum atomic E-state index is -0.316. The van der Waals surface area contributed by atoms with Gasteiger partial charge in [-0.1, -0.05) is 6.07 Å². The van der Waals surface area contributed by atoms with Crippen LogP contribution < -0.4 is 10.1 Å². The van der Waals surface area contributed by atoms with Crippen molar-refractivity contribution in [3.63, 3.8) is 0 Å². The van der Waals surface area contributed by atoms with E-state index >= 15 is 0 Å². The minimum Gasteiger partial charge on any atom is -0.482 e. The van der Waals surface area contributed by atoms with Gasteiger partial charge in [-0.3, -0.25) is 9.59 Å². The van der Waals surface area contributed by atoms with Crippen LogP contribution >= 0.6 is 11.6 Å². The molecule has 0 bridgehead atoms. The fraction of sp³-hybridized carbons (Fsp3) is 0.429. The molecule has 1 amide bonds. The van der Waals surface area contributed by atoms with E-state index in [0.29, 0.717) is 24.5 Å². The van der Waals surface area contributed by atoms with Crippen molar-refractivity contribution in [1.29, 1.82) is 0 Å². The van der Waals surface area contributed by atoms with E-state index in [-0.39, 0.29) is 30.3 Å². The van der Waals surface area contributed by atoms with Gasteiger partial charge in [0, 0.05) is 6.42 Å². The maximum atomic E-state index is 11.3. The quantitative estimate of drug-likeness (QED) is 0.670. The highest BCUT2D eigenvalue weighted by Crippen LogP contribution is 2.34. The molecule has 0 aliphatic carbocycles. The molecule has 20 heavy (non-hydrogen) atoms. The molecule has 1 aliphatic rings. The zero-order valence-corrected chi connectivity index (χ0v) is 11.9. The van der Waals surface area contributed by atoms with Crippen molar-refractivity contribution in [1.82, 2.24) is 0 Å². The van der Waals surface area contributed by atoms with Gasteiger partial charge in [-0.05, 0) is 31.0 Å². The fourth-order valence-corrected chi connectivity index (χ4v) is 2.18. The first-order valence-corrected chi connectivity index (χ1v) is 6.90. The van der Waals surface area contributed by atoms with Gasteiger partial charge in [0.05, 0.1) is 17.7 Å². The summed E-state index contributed by atoms with van der Waals surface area (Å²) in [5.74, 6) is 0.183. The molecule has 1 aliphatic heterocycles. The van der Waals surface area contributed by atoms with Crippen molar-refractivity contribution in [3.8, 4) is 5.75 Å². The van der Waals surface area contributed by atoms with Crippen molar-refractivity contribution < 1.29 is 19.1 Å². The summed E-state index contributed by atoms with van der Waals surface area (Å²) in [6, 6.07) is 5.37. The zero-order chi connectivity index (χ0) is 14.5. The highest BCUT2D eigenvalue weighted by atomic mass is 35.5. The summed E-state index contributed by atoms with van der Waals surface area (Å²) in [4.78, 5) is 22.6. The number of halogens is 1. The molecule has 1 atom stereocenters. The lowest BCUT2D eigenvalue weighted by molar-refractivity contribution is -0.143.